The minimum Gasteiger partial charge on any atom is -0.235 e. The number of thiazole rings is 1. The highest BCUT2D eigenvalue weighted by molar-refractivity contribution is 8.00. The van der Waals surface area contributed by atoms with Crippen LogP contribution in [0.25, 0.3) is 0 Å². The van der Waals surface area contributed by atoms with Gasteiger partial charge in [-0.2, -0.15) is 4.09 Å². The molecule has 2 rings (SSSR count). The fourth-order valence-corrected chi connectivity index (χ4v) is 3.79. The van der Waals surface area contributed by atoms with Crippen molar-refractivity contribution in [1.82, 2.24) is 19.2 Å². The second-order valence-electron chi connectivity index (χ2n) is 3.23. The molecule has 2 heterocycles. The molecular formula is C8H10N4O2S3. The summed E-state index contributed by atoms with van der Waals surface area (Å²) in [6.45, 7) is 1.97. The lowest BCUT2D eigenvalue weighted by Crippen LogP contribution is -1.92. The first-order valence-electron chi connectivity index (χ1n) is 4.74. The van der Waals surface area contributed by atoms with Crippen LogP contribution in [0.1, 0.15) is 12.7 Å². The maximum Gasteiger partial charge on any atom is 0.186 e. The van der Waals surface area contributed by atoms with Crippen LogP contribution >= 0.6 is 23.3 Å². The SMILES string of the molecule is CCc1ncn(Sc2ncc(S(C)(=O)=O)s2)n1. The molecule has 0 radical (unpaired) electrons. The molecule has 6 nitrogen and oxygen atoms in total. The molecule has 0 spiro atoms. The summed E-state index contributed by atoms with van der Waals surface area (Å²) in [4.78, 5) is 8.10. The van der Waals surface area contributed by atoms with Crippen LogP contribution in [-0.2, 0) is 16.3 Å². The highest BCUT2D eigenvalue weighted by Gasteiger charge is 2.13. The van der Waals surface area contributed by atoms with Crippen molar-refractivity contribution in [2.75, 3.05) is 6.26 Å². The molecule has 0 saturated heterocycles. The minimum atomic E-state index is -3.18. The molecule has 0 fully saturated rings. The Balaban J connectivity index is 2.17. The van der Waals surface area contributed by atoms with Gasteiger partial charge in [0.2, 0.25) is 0 Å². The van der Waals surface area contributed by atoms with Crippen molar-refractivity contribution in [3.63, 3.8) is 0 Å². The van der Waals surface area contributed by atoms with Crippen LogP contribution in [0.4, 0.5) is 0 Å². The van der Waals surface area contributed by atoms with Crippen LogP contribution < -0.4 is 0 Å². The largest absolute Gasteiger partial charge is 0.235 e. The highest BCUT2D eigenvalue weighted by atomic mass is 32.2. The number of aryl methyl sites for hydroxylation is 1. The van der Waals surface area contributed by atoms with Gasteiger partial charge in [0.05, 0.1) is 6.20 Å². The van der Waals surface area contributed by atoms with E-state index in [1.165, 1.54) is 24.4 Å². The molecule has 0 N–H and O–H groups in total. The van der Waals surface area contributed by atoms with Crippen LogP contribution in [0, 0.1) is 0 Å². The summed E-state index contributed by atoms with van der Waals surface area (Å²) >= 11 is 2.37. The first-order valence-corrected chi connectivity index (χ1v) is 8.22. The van der Waals surface area contributed by atoms with Crippen molar-refractivity contribution >= 4 is 33.1 Å². The van der Waals surface area contributed by atoms with Crippen LogP contribution in [0.15, 0.2) is 21.1 Å². The molecule has 92 valence electrons. The zero-order valence-corrected chi connectivity index (χ0v) is 11.6. The Hall–Kier alpha value is -0.930. The van der Waals surface area contributed by atoms with Gasteiger partial charge >= 0.3 is 0 Å². The second kappa shape index (κ2) is 4.75. The van der Waals surface area contributed by atoms with Crippen LogP contribution in [0.5, 0.6) is 0 Å². The number of sulfone groups is 1. The summed E-state index contributed by atoms with van der Waals surface area (Å²) in [6, 6.07) is 0. The van der Waals surface area contributed by atoms with E-state index >= 15 is 0 Å². The summed E-state index contributed by atoms with van der Waals surface area (Å²) in [6.07, 6.45) is 4.88. The first kappa shape index (κ1) is 12.5. The second-order valence-corrected chi connectivity index (χ2v) is 7.70. The highest BCUT2D eigenvalue weighted by Crippen LogP contribution is 2.27. The van der Waals surface area contributed by atoms with Gasteiger partial charge in [-0.15, -0.1) is 5.10 Å². The molecule has 2 aromatic rings. The third-order valence-electron chi connectivity index (χ3n) is 1.84. The number of aromatic nitrogens is 4. The van der Waals surface area contributed by atoms with Crippen LogP contribution in [-0.4, -0.2) is 33.8 Å². The monoisotopic (exact) mass is 290 g/mol. The Labute approximate surface area is 107 Å². The molecule has 2 aromatic heterocycles. The van der Waals surface area contributed by atoms with Crippen molar-refractivity contribution < 1.29 is 8.42 Å². The van der Waals surface area contributed by atoms with Gasteiger partial charge in [-0.25, -0.2) is 18.4 Å². The molecule has 17 heavy (non-hydrogen) atoms. The lowest BCUT2D eigenvalue weighted by Gasteiger charge is -1.93. The van der Waals surface area contributed by atoms with Crippen molar-refractivity contribution in [2.45, 2.75) is 21.9 Å². The average molecular weight is 290 g/mol. The third-order valence-corrected chi connectivity index (χ3v) is 5.52. The average Bonchev–Trinajstić information content (AvgIpc) is 2.86. The Kier molecular flexibility index (Phi) is 3.50. The Morgan fingerprint density at radius 1 is 1.47 bits per heavy atom. The number of rotatable bonds is 4. The van der Waals surface area contributed by atoms with E-state index in [4.69, 9.17) is 0 Å². The van der Waals surface area contributed by atoms with Gasteiger partial charge in [0.25, 0.3) is 0 Å². The predicted molar refractivity (Wildman–Crippen MR) is 65.9 cm³/mol. The molecule has 0 aliphatic carbocycles. The molecule has 0 aliphatic heterocycles. The van der Waals surface area contributed by atoms with E-state index in [2.05, 4.69) is 15.1 Å². The quantitative estimate of drug-likeness (QED) is 0.843. The van der Waals surface area contributed by atoms with E-state index in [0.717, 1.165) is 23.6 Å². The van der Waals surface area contributed by atoms with E-state index in [9.17, 15) is 8.42 Å². The standard InChI is InChI=1S/C8H10N4O2S3/c1-3-6-10-5-12(11-6)16-8-9-4-7(15-8)17(2,13)14/h4-5H,3H2,1-2H3. The normalized spacial score (nSPS) is 11.9. The number of nitrogens with zero attached hydrogens (tertiary/aromatic N) is 4. The first-order chi connectivity index (χ1) is 7.99. The molecular weight excluding hydrogens is 280 g/mol. The fraction of sp³-hybridized carbons (Fsp3) is 0.375. The number of hydrogen-bond acceptors (Lipinski definition) is 7. The molecule has 0 saturated carbocycles. The zero-order chi connectivity index (χ0) is 12.5. The molecule has 0 amide bonds. The summed E-state index contributed by atoms with van der Waals surface area (Å²) in [5, 5.41) is 4.18. The molecule has 0 unspecified atom stereocenters. The van der Waals surface area contributed by atoms with Crippen molar-refractivity contribution in [3.8, 4) is 0 Å². The van der Waals surface area contributed by atoms with Gasteiger partial charge < -0.3 is 0 Å². The lowest BCUT2D eigenvalue weighted by atomic mass is 10.5. The maximum absolute atomic E-state index is 11.3. The van der Waals surface area contributed by atoms with Crippen LogP contribution in [0.2, 0.25) is 0 Å². The Morgan fingerprint density at radius 3 is 2.76 bits per heavy atom. The number of hydrogen-bond donors (Lipinski definition) is 0. The van der Waals surface area contributed by atoms with E-state index in [1.807, 2.05) is 6.92 Å². The third kappa shape index (κ3) is 3.05. The minimum absolute atomic E-state index is 0.260. The molecule has 0 bridgehead atoms. The molecule has 9 heteroatoms. The van der Waals surface area contributed by atoms with E-state index in [1.54, 1.807) is 10.4 Å². The van der Waals surface area contributed by atoms with Crippen molar-refractivity contribution in [1.29, 1.82) is 0 Å². The van der Waals surface area contributed by atoms with Gasteiger partial charge in [0, 0.05) is 24.6 Å². The van der Waals surface area contributed by atoms with Gasteiger partial charge in [0.1, 0.15) is 10.5 Å². The zero-order valence-electron chi connectivity index (χ0n) is 9.19. The smallest absolute Gasteiger partial charge is 0.186 e. The fourth-order valence-electron chi connectivity index (χ4n) is 1.03. The summed E-state index contributed by atoms with van der Waals surface area (Å²) in [5.41, 5.74) is 0. The summed E-state index contributed by atoms with van der Waals surface area (Å²) in [5.74, 6) is 0.748. The van der Waals surface area contributed by atoms with E-state index in [-0.39, 0.29) is 4.21 Å². The van der Waals surface area contributed by atoms with E-state index in [0.29, 0.717) is 4.34 Å². The lowest BCUT2D eigenvalue weighted by molar-refractivity contribution is 0.603. The van der Waals surface area contributed by atoms with Gasteiger partial charge in [0.15, 0.2) is 20.0 Å². The van der Waals surface area contributed by atoms with Gasteiger partial charge in [-0.3, -0.25) is 0 Å². The summed E-state index contributed by atoms with van der Waals surface area (Å²) in [7, 11) is -3.18. The van der Waals surface area contributed by atoms with Gasteiger partial charge in [-0.1, -0.05) is 18.3 Å². The topological polar surface area (TPSA) is 77.7 Å². The molecule has 0 atom stereocenters. The van der Waals surface area contributed by atoms with Crippen molar-refractivity contribution in [2.24, 2.45) is 0 Å². The van der Waals surface area contributed by atoms with E-state index < -0.39 is 9.84 Å². The Morgan fingerprint density at radius 2 is 2.24 bits per heavy atom. The Bertz CT molecular complexity index is 616. The molecule has 0 aromatic carbocycles. The predicted octanol–water partition coefficient (Wildman–Crippen LogP) is 1.26. The molecule has 0 aliphatic rings. The van der Waals surface area contributed by atoms with Crippen molar-refractivity contribution in [3.05, 3.63) is 18.3 Å². The van der Waals surface area contributed by atoms with Crippen LogP contribution in [0.3, 0.4) is 0 Å². The maximum atomic E-state index is 11.3. The van der Waals surface area contributed by atoms with Gasteiger partial charge in [-0.05, 0) is 0 Å². The summed E-state index contributed by atoms with van der Waals surface area (Å²) < 4.78 is 25.0.